The van der Waals surface area contributed by atoms with E-state index < -0.39 is 0 Å². The second-order valence-corrected chi connectivity index (χ2v) is 7.33. The van der Waals surface area contributed by atoms with Crippen molar-refractivity contribution < 1.29 is 14.3 Å². The molecule has 0 atom stereocenters. The molecule has 7 nitrogen and oxygen atoms in total. The lowest BCUT2D eigenvalue weighted by atomic mass is 10.1. The molecule has 0 spiro atoms. The first-order chi connectivity index (χ1) is 13.9. The third-order valence-corrected chi connectivity index (χ3v) is 4.72. The van der Waals surface area contributed by atoms with E-state index in [9.17, 15) is 9.59 Å². The van der Waals surface area contributed by atoms with Crippen molar-refractivity contribution in [1.82, 2.24) is 9.78 Å². The fraction of sp³-hybridized carbons (Fsp3) is 0.227. The SMILES string of the molecule is Cc1ccc(-n2nc(C(C)C)cc2NC(=O)c2cccc3c2OCC(=O)N3)cc1. The molecule has 29 heavy (non-hydrogen) atoms. The number of carbonyl (C=O) groups is 2. The molecule has 0 fully saturated rings. The maximum Gasteiger partial charge on any atom is 0.262 e. The third-order valence-electron chi connectivity index (χ3n) is 4.72. The smallest absolute Gasteiger partial charge is 0.262 e. The number of nitrogens with zero attached hydrogens (tertiary/aromatic N) is 2. The van der Waals surface area contributed by atoms with E-state index in [1.165, 1.54) is 0 Å². The van der Waals surface area contributed by atoms with Gasteiger partial charge in [-0.15, -0.1) is 0 Å². The quantitative estimate of drug-likeness (QED) is 0.708. The lowest BCUT2D eigenvalue weighted by Gasteiger charge is -2.20. The van der Waals surface area contributed by atoms with E-state index >= 15 is 0 Å². The van der Waals surface area contributed by atoms with Crippen LogP contribution in [-0.4, -0.2) is 28.2 Å². The van der Waals surface area contributed by atoms with Crippen molar-refractivity contribution in [2.45, 2.75) is 26.7 Å². The number of aryl methyl sites for hydroxylation is 1. The summed E-state index contributed by atoms with van der Waals surface area (Å²) in [6.45, 7) is 6.01. The lowest BCUT2D eigenvalue weighted by Crippen LogP contribution is -2.27. The maximum atomic E-state index is 13.0. The zero-order valence-electron chi connectivity index (χ0n) is 16.5. The average Bonchev–Trinajstić information content (AvgIpc) is 3.12. The molecule has 3 aromatic rings. The molecule has 2 heterocycles. The molecule has 1 aromatic heterocycles. The standard InChI is InChI=1S/C22H22N4O3/c1-13(2)18-11-19(26(25-18)15-9-7-14(3)8-10-15)24-22(28)16-5-4-6-17-21(16)29-12-20(27)23-17/h4-11,13H,12H2,1-3H3,(H,23,27)(H,24,28). The van der Waals surface area contributed by atoms with E-state index in [4.69, 9.17) is 4.74 Å². The van der Waals surface area contributed by atoms with Gasteiger partial charge in [-0.05, 0) is 37.1 Å². The number of nitrogens with one attached hydrogen (secondary N) is 2. The van der Waals surface area contributed by atoms with E-state index in [-0.39, 0.29) is 24.3 Å². The molecule has 2 amide bonds. The Morgan fingerprint density at radius 2 is 1.97 bits per heavy atom. The number of hydrogen-bond donors (Lipinski definition) is 2. The Balaban J connectivity index is 1.69. The van der Waals surface area contributed by atoms with E-state index in [2.05, 4.69) is 29.6 Å². The van der Waals surface area contributed by atoms with E-state index in [0.29, 0.717) is 22.8 Å². The van der Waals surface area contributed by atoms with Gasteiger partial charge in [-0.2, -0.15) is 5.10 Å². The summed E-state index contributed by atoms with van der Waals surface area (Å²) >= 11 is 0. The molecule has 2 N–H and O–H groups in total. The topological polar surface area (TPSA) is 85.2 Å². The summed E-state index contributed by atoms with van der Waals surface area (Å²) in [5, 5.41) is 10.3. The first-order valence-corrected chi connectivity index (χ1v) is 9.46. The number of ether oxygens (including phenoxy) is 1. The number of carbonyl (C=O) groups excluding carboxylic acids is 2. The van der Waals surface area contributed by atoms with E-state index in [0.717, 1.165) is 16.9 Å². The molecule has 4 rings (SSSR count). The molecule has 1 aliphatic heterocycles. The van der Waals surface area contributed by atoms with Gasteiger partial charge in [0.05, 0.1) is 22.6 Å². The summed E-state index contributed by atoms with van der Waals surface area (Å²) in [6, 6.07) is 14.9. The van der Waals surface area contributed by atoms with Crippen LogP contribution >= 0.6 is 0 Å². The predicted molar refractivity (Wildman–Crippen MR) is 111 cm³/mol. The van der Waals surface area contributed by atoms with Gasteiger partial charge in [-0.25, -0.2) is 4.68 Å². The van der Waals surface area contributed by atoms with Crippen LogP contribution in [0.3, 0.4) is 0 Å². The minimum atomic E-state index is -0.332. The summed E-state index contributed by atoms with van der Waals surface area (Å²) in [5.74, 6) is 0.575. The number of aromatic nitrogens is 2. The van der Waals surface area contributed by atoms with E-state index in [1.54, 1.807) is 22.9 Å². The van der Waals surface area contributed by atoms with Gasteiger partial charge in [0, 0.05) is 6.07 Å². The molecule has 0 saturated heterocycles. The van der Waals surface area contributed by atoms with Gasteiger partial charge in [0.1, 0.15) is 5.82 Å². The van der Waals surface area contributed by atoms with E-state index in [1.807, 2.05) is 37.3 Å². The van der Waals surface area contributed by atoms with Crippen molar-refractivity contribution in [2.24, 2.45) is 0 Å². The van der Waals surface area contributed by atoms with Gasteiger partial charge in [0.2, 0.25) is 0 Å². The number of amides is 2. The highest BCUT2D eigenvalue weighted by Gasteiger charge is 2.23. The fourth-order valence-electron chi connectivity index (χ4n) is 3.13. The average molecular weight is 390 g/mol. The molecule has 0 saturated carbocycles. The summed E-state index contributed by atoms with van der Waals surface area (Å²) in [6.07, 6.45) is 0. The van der Waals surface area contributed by atoms with Crippen molar-refractivity contribution in [3.05, 3.63) is 65.4 Å². The van der Waals surface area contributed by atoms with Crippen LogP contribution in [0.25, 0.3) is 5.69 Å². The third kappa shape index (κ3) is 3.71. The molecule has 0 unspecified atom stereocenters. The van der Waals surface area contributed by atoms with Crippen molar-refractivity contribution in [3.8, 4) is 11.4 Å². The zero-order chi connectivity index (χ0) is 20.5. The monoisotopic (exact) mass is 390 g/mol. The molecule has 148 valence electrons. The van der Waals surface area contributed by atoms with Crippen LogP contribution in [0.2, 0.25) is 0 Å². The van der Waals surface area contributed by atoms with Gasteiger partial charge < -0.3 is 15.4 Å². The van der Waals surface area contributed by atoms with Gasteiger partial charge >= 0.3 is 0 Å². The van der Waals surface area contributed by atoms with Crippen molar-refractivity contribution >= 4 is 23.3 Å². The molecule has 1 aliphatic rings. The van der Waals surface area contributed by atoms with Crippen LogP contribution < -0.4 is 15.4 Å². The zero-order valence-corrected chi connectivity index (χ0v) is 16.5. The number of hydrogen-bond acceptors (Lipinski definition) is 4. The van der Waals surface area contributed by atoms with Gasteiger partial charge in [-0.3, -0.25) is 9.59 Å². The summed E-state index contributed by atoms with van der Waals surface area (Å²) in [7, 11) is 0. The van der Waals surface area contributed by atoms with Crippen LogP contribution in [-0.2, 0) is 4.79 Å². The minimum Gasteiger partial charge on any atom is -0.481 e. The Kier molecular flexibility index (Phi) is 4.80. The fourth-order valence-corrected chi connectivity index (χ4v) is 3.13. The first-order valence-electron chi connectivity index (χ1n) is 9.46. The Bertz CT molecular complexity index is 1080. The Morgan fingerprint density at radius 1 is 1.21 bits per heavy atom. The number of rotatable bonds is 4. The van der Waals surface area contributed by atoms with Crippen LogP contribution in [0.5, 0.6) is 5.75 Å². The van der Waals surface area contributed by atoms with Crippen LogP contribution in [0, 0.1) is 6.92 Å². The summed E-state index contributed by atoms with van der Waals surface area (Å²) in [5.41, 5.74) is 3.72. The largest absolute Gasteiger partial charge is 0.481 e. The number of fused-ring (bicyclic) bond motifs is 1. The molecule has 0 bridgehead atoms. The molecule has 0 radical (unpaired) electrons. The highest BCUT2D eigenvalue weighted by atomic mass is 16.5. The number of para-hydroxylation sites is 1. The van der Waals surface area contributed by atoms with Gasteiger partial charge in [-0.1, -0.05) is 37.6 Å². The molecule has 7 heteroatoms. The maximum absolute atomic E-state index is 13.0. The van der Waals surface area contributed by atoms with Crippen LogP contribution in [0.15, 0.2) is 48.5 Å². The Hall–Kier alpha value is -3.61. The van der Waals surface area contributed by atoms with Crippen LogP contribution in [0.4, 0.5) is 11.5 Å². The molecular formula is C22H22N4O3. The summed E-state index contributed by atoms with van der Waals surface area (Å²) in [4.78, 5) is 24.6. The highest BCUT2D eigenvalue weighted by Crippen LogP contribution is 2.32. The number of benzene rings is 2. The summed E-state index contributed by atoms with van der Waals surface area (Å²) < 4.78 is 7.23. The first kappa shape index (κ1) is 18.7. The lowest BCUT2D eigenvalue weighted by molar-refractivity contribution is -0.118. The minimum absolute atomic E-state index is 0.115. The van der Waals surface area contributed by atoms with Crippen LogP contribution in [0.1, 0.15) is 41.4 Å². The Labute approximate surface area is 168 Å². The second kappa shape index (κ2) is 7.43. The van der Waals surface area contributed by atoms with Gasteiger partial charge in [0.25, 0.3) is 11.8 Å². The number of anilines is 2. The normalized spacial score (nSPS) is 12.9. The highest BCUT2D eigenvalue weighted by molar-refractivity contribution is 6.08. The van der Waals surface area contributed by atoms with Crippen molar-refractivity contribution in [3.63, 3.8) is 0 Å². The van der Waals surface area contributed by atoms with Gasteiger partial charge in [0.15, 0.2) is 12.4 Å². The molecular weight excluding hydrogens is 368 g/mol. The second-order valence-electron chi connectivity index (χ2n) is 7.33. The Morgan fingerprint density at radius 3 is 2.69 bits per heavy atom. The molecule has 0 aliphatic carbocycles. The van der Waals surface area contributed by atoms with Crippen molar-refractivity contribution in [2.75, 3.05) is 17.2 Å². The van der Waals surface area contributed by atoms with Crippen molar-refractivity contribution in [1.29, 1.82) is 0 Å². The predicted octanol–water partition coefficient (Wildman–Crippen LogP) is 3.89. The molecule has 2 aromatic carbocycles.